The molecule has 1 rings (SSSR count). The quantitative estimate of drug-likeness (QED) is 0.475. The van der Waals surface area contributed by atoms with Crippen molar-refractivity contribution in [3.05, 3.63) is 0 Å². The number of rotatable bonds is 2. The molecule has 0 spiro atoms. The van der Waals surface area contributed by atoms with Gasteiger partial charge in [-0.15, -0.1) is 0 Å². The Morgan fingerprint density at radius 2 is 2.55 bits per heavy atom. The van der Waals surface area contributed by atoms with Gasteiger partial charge in [-0.2, -0.15) is 0 Å². The summed E-state index contributed by atoms with van der Waals surface area (Å²) in [5.74, 6) is -0.279. The van der Waals surface area contributed by atoms with Crippen LogP contribution < -0.4 is 10.6 Å². The predicted molar refractivity (Wildman–Crippen MR) is 41.1 cm³/mol. The Morgan fingerprint density at radius 1 is 1.82 bits per heavy atom. The number of amides is 1. The first-order valence-corrected chi connectivity index (χ1v) is 3.89. The van der Waals surface area contributed by atoms with E-state index in [0.717, 1.165) is 19.5 Å². The van der Waals surface area contributed by atoms with Crippen molar-refractivity contribution in [1.82, 2.24) is 10.6 Å². The second-order valence-electron chi connectivity index (χ2n) is 2.87. The summed E-state index contributed by atoms with van der Waals surface area (Å²) in [6, 6.07) is 0.206. The van der Waals surface area contributed by atoms with E-state index in [1.54, 1.807) is 0 Å². The highest BCUT2D eigenvalue weighted by Gasteiger charge is 2.18. The van der Waals surface area contributed by atoms with E-state index in [4.69, 9.17) is 5.11 Å². The first-order chi connectivity index (χ1) is 5.20. The molecule has 1 amide bonds. The lowest BCUT2D eigenvalue weighted by molar-refractivity contribution is -0.129. The predicted octanol–water partition coefficient (Wildman–Crippen LogP) is -1.15. The zero-order chi connectivity index (χ0) is 8.27. The van der Waals surface area contributed by atoms with Gasteiger partial charge >= 0.3 is 0 Å². The maximum absolute atomic E-state index is 10.9. The van der Waals surface area contributed by atoms with Gasteiger partial charge in [0, 0.05) is 12.6 Å². The average Bonchev–Trinajstić information content (AvgIpc) is 2.39. The molecule has 11 heavy (non-hydrogen) atoms. The monoisotopic (exact) mass is 158 g/mol. The van der Waals surface area contributed by atoms with Crippen molar-refractivity contribution >= 4 is 5.91 Å². The van der Waals surface area contributed by atoms with E-state index in [1.165, 1.54) is 6.92 Å². The topological polar surface area (TPSA) is 61.4 Å². The van der Waals surface area contributed by atoms with E-state index in [2.05, 4.69) is 10.6 Å². The van der Waals surface area contributed by atoms with Crippen LogP contribution in [-0.2, 0) is 4.79 Å². The number of carbonyl (C=O) groups is 1. The molecule has 0 aromatic rings. The number of aliphatic hydroxyl groups excluding tert-OH is 1. The van der Waals surface area contributed by atoms with Gasteiger partial charge in [0.2, 0.25) is 5.91 Å². The van der Waals surface area contributed by atoms with Crippen LogP contribution in [0.25, 0.3) is 0 Å². The molecule has 64 valence electrons. The number of carbonyl (C=O) groups excluding carboxylic acids is 1. The highest BCUT2D eigenvalue weighted by atomic mass is 16.3. The van der Waals surface area contributed by atoms with E-state index >= 15 is 0 Å². The van der Waals surface area contributed by atoms with Gasteiger partial charge in [0.25, 0.3) is 0 Å². The molecule has 0 saturated carbocycles. The first-order valence-electron chi connectivity index (χ1n) is 3.89. The molecule has 0 aromatic carbocycles. The Bertz CT molecular complexity index is 141. The molecule has 0 aromatic heterocycles. The third-order valence-corrected chi connectivity index (χ3v) is 1.79. The highest BCUT2D eigenvalue weighted by molar-refractivity contribution is 5.80. The Balaban J connectivity index is 2.24. The fraction of sp³-hybridized carbons (Fsp3) is 0.857. The fourth-order valence-electron chi connectivity index (χ4n) is 1.10. The summed E-state index contributed by atoms with van der Waals surface area (Å²) < 4.78 is 0. The Labute approximate surface area is 66.0 Å². The van der Waals surface area contributed by atoms with Gasteiger partial charge in [0.15, 0.2) is 0 Å². The largest absolute Gasteiger partial charge is 0.384 e. The molecule has 2 atom stereocenters. The molecule has 3 N–H and O–H groups in total. The maximum atomic E-state index is 10.9. The summed E-state index contributed by atoms with van der Waals surface area (Å²) in [5.41, 5.74) is 0. The van der Waals surface area contributed by atoms with Crippen molar-refractivity contribution in [2.75, 3.05) is 13.1 Å². The van der Waals surface area contributed by atoms with Crippen LogP contribution in [0.5, 0.6) is 0 Å². The minimum Gasteiger partial charge on any atom is -0.384 e. The number of aliphatic hydroxyl groups is 1. The lowest BCUT2D eigenvalue weighted by Crippen LogP contribution is -2.41. The summed E-state index contributed by atoms with van der Waals surface area (Å²) in [5, 5.41) is 14.7. The molecule has 0 radical (unpaired) electrons. The lowest BCUT2D eigenvalue weighted by atomic mass is 10.2. The minimum absolute atomic E-state index is 0.206. The molecular formula is C7H14N2O2. The van der Waals surface area contributed by atoms with Gasteiger partial charge in [0.05, 0.1) is 0 Å². The van der Waals surface area contributed by atoms with Crippen LogP contribution in [0.15, 0.2) is 0 Å². The number of hydrogen-bond acceptors (Lipinski definition) is 3. The Morgan fingerprint density at radius 3 is 3.00 bits per heavy atom. The summed E-state index contributed by atoms with van der Waals surface area (Å²) in [4.78, 5) is 10.9. The zero-order valence-corrected chi connectivity index (χ0v) is 6.63. The van der Waals surface area contributed by atoms with E-state index in [1.807, 2.05) is 0 Å². The summed E-state index contributed by atoms with van der Waals surface area (Å²) >= 11 is 0. The SMILES string of the molecule is C[C@H](O)C(=O)N[C@@H]1CCNC1. The molecule has 4 heteroatoms. The maximum Gasteiger partial charge on any atom is 0.248 e. The van der Waals surface area contributed by atoms with Crippen molar-refractivity contribution in [1.29, 1.82) is 0 Å². The Hall–Kier alpha value is -0.610. The van der Waals surface area contributed by atoms with Crippen molar-refractivity contribution < 1.29 is 9.90 Å². The van der Waals surface area contributed by atoms with Gasteiger partial charge in [0.1, 0.15) is 6.10 Å². The van der Waals surface area contributed by atoms with Crippen molar-refractivity contribution in [2.45, 2.75) is 25.5 Å². The first kappa shape index (κ1) is 8.49. The van der Waals surface area contributed by atoms with Crippen LogP contribution in [0.4, 0.5) is 0 Å². The molecule has 1 fully saturated rings. The molecule has 4 nitrogen and oxygen atoms in total. The Kier molecular flexibility index (Phi) is 2.84. The zero-order valence-electron chi connectivity index (χ0n) is 6.63. The van der Waals surface area contributed by atoms with Gasteiger partial charge in [-0.1, -0.05) is 0 Å². The van der Waals surface area contributed by atoms with Gasteiger partial charge < -0.3 is 15.7 Å². The van der Waals surface area contributed by atoms with E-state index < -0.39 is 6.10 Å². The molecule has 1 aliphatic heterocycles. The van der Waals surface area contributed by atoms with Gasteiger partial charge in [-0.3, -0.25) is 4.79 Å². The van der Waals surface area contributed by atoms with Crippen molar-refractivity contribution in [2.24, 2.45) is 0 Å². The second kappa shape index (κ2) is 3.69. The fourth-order valence-corrected chi connectivity index (χ4v) is 1.10. The number of hydrogen-bond donors (Lipinski definition) is 3. The lowest BCUT2D eigenvalue weighted by Gasteiger charge is -2.12. The van der Waals surface area contributed by atoms with Crippen LogP contribution in [0.1, 0.15) is 13.3 Å². The molecule has 1 heterocycles. The molecule has 1 saturated heterocycles. The second-order valence-corrected chi connectivity index (χ2v) is 2.87. The van der Waals surface area contributed by atoms with Crippen LogP contribution in [0.3, 0.4) is 0 Å². The van der Waals surface area contributed by atoms with Crippen molar-refractivity contribution in [3.63, 3.8) is 0 Å². The summed E-state index contributed by atoms with van der Waals surface area (Å²) in [6.45, 7) is 3.24. The highest BCUT2D eigenvalue weighted by Crippen LogP contribution is 1.97. The molecular weight excluding hydrogens is 144 g/mol. The van der Waals surface area contributed by atoms with Gasteiger partial charge in [-0.25, -0.2) is 0 Å². The molecule has 0 bridgehead atoms. The standard InChI is InChI=1S/C7H14N2O2/c1-5(10)7(11)9-6-2-3-8-4-6/h5-6,8,10H,2-4H2,1H3,(H,9,11)/t5-,6+/m0/s1. The number of nitrogens with one attached hydrogen (secondary N) is 2. The van der Waals surface area contributed by atoms with E-state index in [9.17, 15) is 4.79 Å². The molecule has 1 aliphatic rings. The summed E-state index contributed by atoms with van der Waals surface area (Å²) in [7, 11) is 0. The average molecular weight is 158 g/mol. The smallest absolute Gasteiger partial charge is 0.248 e. The van der Waals surface area contributed by atoms with Crippen LogP contribution in [-0.4, -0.2) is 36.2 Å². The van der Waals surface area contributed by atoms with Gasteiger partial charge in [-0.05, 0) is 19.9 Å². The summed E-state index contributed by atoms with van der Waals surface area (Å²) in [6.07, 6.45) is 0.0638. The normalized spacial score (nSPS) is 26.5. The van der Waals surface area contributed by atoms with E-state index in [-0.39, 0.29) is 11.9 Å². The third-order valence-electron chi connectivity index (χ3n) is 1.79. The van der Waals surface area contributed by atoms with Crippen molar-refractivity contribution in [3.8, 4) is 0 Å². The van der Waals surface area contributed by atoms with Crippen LogP contribution in [0, 0.1) is 0 Å². The van der Waals surface area contributed by atoms with Crippen LogP contribution >= 0.6 is 0 Å². The molecule has 0 unspecified atom stereocenters. The minimum atomic E-state index is -0.893. The third kappa shape index (κ3) is 2.48. The van der Waals surface area contributed by atoms with Crippen LogP contribution in [0.2, 0.25) is 0 Å². The van der Waals surface area contributed by atoms with E-state index in [0.29, 0.717) is 0 Å². The molecule has 0 aliphatic carbocycles.